The molecule has 0 radical (unpaired) electrons. The predicted octanol–water partition coefficient (Wildman–Crippen LogP) is 2.17. The Hall–Kier alpha value is -2.43. The molecule has 1 amide bonds. The minimum absolute atomic E-state index is 0.106. The van der Waals surface area contributed by atoms with Crippen molar-refractivity contribution in [3.63, 3.8) is 0 Å². The Morgan fingerprint density at radius 3 is 2.71 bits per heavy atom. The number of benzene rings is 1. The van der Waals surface area contributed by atoms with Crippen LogP contribution in [-0.2, 0) is 4.79 Å². The van der Waals surface area contributed by atoms with E-state index >= 15 is 0 Å². The third-order valence-corrected chi connectivity index (χ3v) is 3.88. The molecule has 1 aromatic heterocycles. The second kappa shape index (κ2) is 4.84. The lowest BCUT2D eigenvalue weighted by molar-refractivity contribution is -0.116. The summed E-state index contributed by atoms with van der Waals surface area (Å²) >= 11 is 0. The topological polar surface area (TPSA) is 74.8 Å². The number of fused-ring (bicyclic) bond motifs is 1. The van der Waals surface area contributed by atoms with Crippen molar-refractivity contribution in [1.82, 2.24) is 9.97 Å². The van der Waals surface area contributed by atoms with E-state index in [2.05, 4.69) is 15.3 Å². The maximum absolute atomic E-state index is 12.3. The van der Waals surface area contributed by atoms with E-state index in [0.29, 0.717) is 17.2 Å². The molecule has 0 fully saturated rings. The lowest BCUT2D eigenvalue weighted by atomic mass is 9.84. The highest BCUT2D eigenvalue weighted by molar-refractivity contribution is 5.94. The average Bonchev–Trinajstić information content (AvgIpc) is 2.39. The summed E-state index contributed by atoms with van der Waals surface area (Å²) in [5, 5.41) is 2.71. The molecule has 5 nitrogen and oxygen atoms in total. The van der Waals surface area contributed by atoms with Gasteiger partial charge in [0, 0.05) is 12.3 Å². The highest BCUT2D eigenvalue weighted by Crippen LogP contribution is 2.35. The Morgan fingerprint density at radius 2 is 1.95 bits per heavy atom. The van der Waals surface area contributed by atoms with E-state index in [1.54, 1.807) is 6.92 Å². The van der Waals surface area contributed by atoms with Crippen LogP contribution in [0.4, 0.5) is 5.82 Å². The van der Waals surface area contributed by atoms with Crippen LogP contribution in [-0.4, -0.2) is 15.9 Å². The van der Waals surface area contributed by atoms with Gasteiger partial charge in [-0.1, -0.05) is 23.8 Å². The molecule has 0 aliphatic carbocycles. The summed E-state index contributed by atoms with van der Waals surface area (Å²) in [7, 11) is 0. The van der Waals surface area contributed by atoms with Crippen molar-refractivity contribution in [2.75, 3.05) is 5.32 Å². The number of rotatable bonds is 1. The smallest absolute Gasteiger partial charge is 0.256 e. The summed E-state index contributed by atoms with van der Waals surface area (Å²) in [5.41, 5.74) is 3.57. The lowest BCUT2D eigenvalue weighted by Crippen LogP contribution is -2.31. The van der Waals surface area contributed by atoms with E-state index in [-0.39, 0.29) is 23.8 Å². The molecule has 1 unspecified atom stereocenters. The van der Waals surface area contributed by atoms with Gasteiger partial charge in [0.05, 0.1) is 5.56 Å². The summed E-state index contributed by atoms with van der Waals surface area (Å²) in [4.78, 5) is 31.3. The maximum atomic E-state index is 12.3. The zero-order valence-corrected chi connectivity index (χ0v) is 12.3. The van der Waals surface area contributed by atoms with E-state index in [1.807, 2.05) is 32.0 Å². The van der Waals surface area contributed by atoms with Crippen LogP contribution >= 0.6 is 0 Å². The number of aryl methyl sites for hydroxylation is 3. The molecule has 2 heterocycles. The minimum Gasteiger partial charge on any atom is -0.310 e. The second-order valence-electron chi connectivity index (χ2n) is 5.58. The van der Waals surface area contributed by atoms with Crippen molar-refractivity contribution in [1.29, 1.82) is 0 Å². The van der Waals surface area contributed by atoms with Crippen LogP contribution in [0.5, 0.6) is 0 Å². The normalized spacial score (nSPS) is 17.3. The zero-order valence-electron chi connectivity index (χ0n) is 12.3. The Kier molecular flexibility index (Phi) is 3.12. The number of nitrogens with one attached hydrogen (secondary N) is 2. The minimum atomic E-state index is -0.245. The first-order valence-electron chi connectivity index (χ1n) is 6.93. The van der Waals surface area contributed by atoms with Gasteiger partial charge in [-0.15, -0.1) is 0 Å². The highest BCUT2D eigenvalue weighted by Gasteiger charge is 2.31. The zero-order chi connectivity index (χ0) is 15.1. The quantitative estimate of drug-likeness (QED) is 0.842. The van der Waals surface area contributed by atoms with Gasteiger partial charge in [-0.25, -0.2) is 4.98 Å². The number of carbonyl (C=O) groups is 1. The molecule has 0 saturated heterocycles. The van der Waals surface area contributed by atoms with Gasteiger partial charge in [0.15, 0.2) is 0 Å². The van der Waals surface area contributed by atoms with Crippen LogP contribution in [0.2, 0.25) is 0 Å². The molecule has 108 valence electrons. The van der Waals surface area contributed by atoms with Gasteiger partial charge >= 0.3 is 0 Å². The molecule has 2 aromatic rings. The van der Waals surface area contributed by atoms with Gasteiger partial charge in [-0.05, 0) is 31.9 Å². The molecule has 1 aliphatic rings. The number of anilines is 1. The summed E-state index contributed by atoms with van der Waals surface area (Å²) < 4.78 is 0. The number of carbonyl (C=O) groups excluding carboxylic acids is 1. The van der Waals surface area contributed by atoms with Crippen molar-refractivity contribution in [3.05, 3.63) is 56.6 Å². The lowest BCUT2D eigenvalue weighted by Gasteiger charge is -2.25. The number of H-pyrrole nitrogens is 1. The average molecular weight is 283 g/mol. The third kappa shape index (κ3) is 2.35. The molecular formula is C16H17N3O2. The molecule has 5 heteroatoms. The fraction of sp³-hybridized carbons (Fsp3) is 0.312. The summed E-state index contributed by atoms with van der Waals surface area (Å²) in [6.45, 7) is 5.70. The van der Waals surface area contributed by atoms with Gasteiger partial charge in [-0.2, -0.15) is 0 Å². The fourth-order valence-electron chi connectivity index (χ4n) is 2.88. The number of amides is 1. The van der Waals surface area contributed by atoms with Crippen molar-refractivity contribution in [2.45, 2.75) is 33.1 Å². The first-order chi connectivity index (χ1) is 9.95. The van der Waals surface area contributed by atoms with E-state index in [4.69, 9.17) is 0 Å². The van der Waals surface area contributed by atoms with Crippen LogP contribution in [0, 0.1) is 20.8 Å². The van der Waals surface area contributed by atoms with Gasteiger partial charge in [0.25, 0.3) is 5.56 Å². The van der Waals surface area contributed by atoms with Crippen molar-refractivity contribution in [3.8, 4) is 0 Å². The predicted molar refractivity (Wildman–Crippen MR) is 80.6 cm³/mol. The summed E-state index contributed by atoms with van der Waals surface area (Å²) in [6.07, 6.45) is 0.269. The van der Waals surface area contributed by atoms with Crippen molar-refractivity contribution < 1.29 is 4.79 Å². The molecule has 2 N–H and O–H groups in total. The third-order valence-electron chi connectivity index (χ3n) is 3.88. The van der Waals surface area contributed by atoms with Crippen LogP contribution in [0.3, 0.4) is 0 Å². The second-order valence-corrected chi connectivity index (χ2v) is 5.58. The largest absolute Gasteiger partial charge is 0.310 e. The van der Waals surface area contributed by atoms with Crippen LogP contribution < -0.4 is 10.9 Å². The van der Waals surface area contributed by atoms with E-state index in [0.717, 1.165) is 16.7 Å². The molecule has 1 atom stereocenters. The number of hydrogen-bond donors (Lipinski definition) is 2. The van der Waals surface area contributed by atoms with Gasteiger partial charge in [0.1, 0.15) is 11.6 Å². The van der Waals surface area contributed by atoms with Gasteiger partial charge in [-0.3, -0.25) is 9.59 Å². The van der Waals surface area contributed by atoms with E-state index in [1.165, 1.54) is 0 Å². The van der Waals surface area contributed by atoms with Crippen LogP contribution in [0.15, 0.2) is 23.0 Å². The van der Waals surface area contributed by atoms with E-state index < -0.39 is 0 Å². The maximum Gasteiger partial charge on any atom is 0.256 e. The molecule has 0 bridgehead atoms. The molecule has 0 spiro atoms. The Balaban J connectivity index is 2.24. The fourth-order valence-corrected chi connectivity index (χ4v) is 2.88. The molecule has 0 saturated carbocycles. The van der Waals surface area contributed by atoms with E-state index in [9.17, 15) is 9.59 Å². The van der Waals surface area contributed by atoms with Crippen molar-refractivity contribution in [2.24, 2.45) is 0 Å². The Morgan fingerprint density at radius 1 is 1.19 bits per heavy atom. The standard InChI is InChI=1S/C16H17N3O2/c1-8-4-5-9(2)11(6-8)12-7-13(20)19-15-14(12)16(21)18-10(3)17-15/h4-6,12H,7H2,1-3H3,(H2,17,18,19,20,21). The van der Waals surface area contributed by atoms with Crippen LogP contribution in [0.1, 0.15) is 40.4 Å². The molecule has 1 aromatic carbocycles. The Labute approximate surface area is 122 Å². The monoisotopic (exact) mass is 283 g/mol. The molecule has 21 heavy (non-hydrogen) atoms. The first-order valence-corrected chi connectivity index (χ1v) is 6.93. The summed E-state index contributed by atoms with van der Waals surface area (Å²) in [5.74, 6) is 0.537. The molecule has 1 aliphatic heterocycles. The molecule has 3 rings (SSSR count). The van der Waals surface area contributed by atoms with Gasteiger partial charge < -0.3 is 10.3 Å². The van der Waals surface area contributed by atoms with Crippen molar-refractivity contribution >= 4 is 11.7 Å². The first kappa shape index (κ1) is 13.5. The number of nitrogens with zero attached hydrogens (tertiary/aromatic N) is 1. The highest BCUT2D eigenvalue weighted by atomic mass is 16.2. The number of hydrogen-bond acceptors (Lipinski definition) is 3. The van der Waals surface area contributed by atoms with Gasteiger partial charge in [0.2, 0.25) is 5.91 Å². The number of aromatic nitrogens is 2. The molecular weight excluding hydrogens is 266 g/mol. The summed E-state index contributed by atoms with van der Waals surface area (Å²) in [6, 6.07) is 6.09. The Bertz CT molecular complexity index is 793. The number of aromatic amines is 1. The SMILES string of the molecule is Cc1ccc(C)c(C2CC(=O)Nc3nc(C)[nH]c(=O)c32)c1. The van der Waals surface area contributed by atoms with Crippen LogP contribution in [0.25, 0.3) is 0 Å².